The molecule has 0 unspecified atom stereocenters. The quantitative estimate of drug-likeness (QED) is 0.657. The second kappa shape index (κ2) is 3.60. The van der Waals surface area contributed by atoms with Gasteiger partial charge in [-0.25, -0.2) is 0 Å². The fourth-order valence-corrected chi connectivity index (χ4v) is 0.837. The van der Waals surface area contributed by atoms with Crippen LogP contribution in [0.3, 0.4) is 0 Å². The van der Waals surface area contributed by atoms with Crippen molar-refractivity contribution >= 4 is 11.9 Å². The Morgan fingerprint density at radius 3 is 2.38 bits per heavy atom. The van der Waals surface area contributed by atoms with Crippen LogP contribution >= 0.6 is 0 Å². The maximum atomic E-state index is 9.39. The van der Waals surface area contributed by atoms with Crippen molar-refractivity contribution < 1.29 is 5.11 Å². The van der Waals surface area contributed by atoms with Crippen molar-refractivity contribution in [3.63, 3.8) is 0 Å². The van der Waals surface area contributed by atoms with Gasteiger partial charge in [-0.3, -0.25) is 4.99 Å². The highest BCUT2D eigenvalue weighted by atomic mass is 16.3. The Labute approximate surface area is 78.9 Å². The highest BCUT2D eigenvalue weighted by Gasteiger charge is 2.05. The summed E-state index contributed by atoms with van der Waals surface area (Å²) < 4.78 is 0. The Bertz CT molecular complexity index is 310. The Balaban J connectivity index is 2.86. The van der Waals surface area contributed by atoms with Crippen molar-refractivity contribution in [1.82, 2.24) is 0 Å². The van der Waals surface area contributed by atoms with E-state index in [4.69, 9.17) is 0 Å². The maximum Gasteiger partial charge on any atom is 0.141 e. The molecule has 0 fully saturated rings. The maximum absolute atomic E-state index is 9.39. The molecule has 0 aromatic heterocycles. The van der Waals surface area contributed by atoms with Crippen LogP contribution in [-0.2, 0) is 0 Å². The van der Waals surface area contributed by atoms with Crippen LogP contribution in [-0.4, -0.2) is 11.3 Å². The number of phenolic OH excluding ortho intramolecular Hbond substituents is 1. The first kappa shape index (κ1) is 9.78. The Kier molecular flexibility index (Phi) is 2.71. The molecule has 70 valence electrons. The van der Waals surface area contributed by atoms with Gasteiger partial charge in [-0.15, -0.1) is 0 Å². The highest BCUT2D eigenvalue weighted by Crippen LogP contribution is 2.25. The predicted octanol–water partition coefficient (Wildman–Crippen LogP) is 3.14. The van der Waals surface area contributed by atoms with Gasteiger partial charge in [0.1, 0.15) is 11.4 Å². The molecule has 0 aliphatic carbocycles. The number of nitrogens with zero attached hydrogens (tertiary/aromatic N) is 1. The van der Waals surface area contributed by atoms with Crippen molar-refractivity contribution in [2.75, 3.05) is 0 Å². The van der Waals surface area contributed by atoms with Gasteiger partial charge in [-0.1, -0.05) is 32.9 Å². The zero-order valence-electron chi connectivity index (χ0n) is 8.28. The van der Waals surface area contributed by atoms with Gasteiger partial charge in [0.25, 0.3) is 0 Å². The summed E-state index contributed by atoms with van der Waals surface area (Å²) >= 11 is 0. The second-order valence-corrected chi connectivity index (χ2v) is 4.11. The lowest BCUT2D eigenvalue weighted by atomic mass is 9.99. The number of hydrogen-bond donors (Lipinski definition) is 1. The van der Waals surface area contributed by atoms with Gasteiger partial charge < -0.3 is 5.11 Å². The number of rotatable bonds is 1. The third-order valence-electron chi connectivity index (χ3n) is 1.47. The van der Waals surface area contributed by atoms with Gasteiger partial charge in [0, 0.05) is 6.21 Å². The molecule has 13 heavy (non-hydrogen) atoms. The average molecular weight is 177 g/mol. The Morgan fingerprint density at radius 1 is 1.23 bits per heavy atom. The largest absolute Gasteiger partial charge is 0.506 e. The standard InChI is InChI=1S/C11H15NO/c1-11(2,3)8-12-9-6-4-5-7-10(9)13/h4-8,13H,1-3H3. The smallest absolute Gasteiger partial charge is 0.141 e. The third kappa shape index (κ3) is 3.28. The minimum absolute atomic E-state index is 0.0439. The molecule has 0 bridgehead atoms. The molecule has 0 aliphatic heterocycles. The van der Waals surface area contributed by atoms with E-state index in [1.807, 2.05) is 12.3 Å². The lowest BCUT2D eigenvalue weighted by Gasteiger charge is -2.09. The zero-order valence-corrected chi connectivity index (χ0v) is 8.28. The molecule has 0 aliphatic rings. The summed E-state index contributed by atoms with van der Waals surface area (Å²) in [5.74, 6) is 0.225. The van der Waals surface area contributed by atoms with Crippen LogP contribution in [0.5, 0.6) is 5.75 Å². The van der Waals surface area contributed by atoms with Gasteiger partial charge in [0.2, 0.25) is 0 Å². The van der Waals surface area contributed by atoms with Gasteiger partial charge in [0.15, 0.2) is 0 Å². The number of hydrogen-bond acceptors (Lipinski definition) is 2. The van der Waals surface area contributed by atoms with Crippen molar-refractivity contribution in [2.45, 2.75) is 20.8 Å². The highest BCUT2D eigenvalue weighted by molar-refractivity contribution is 5.70. The molecule has 2 nitrogen and oxygen atoms in total. The zero-order chi connectivity index (χ0) is 9.90. The van der Waals surface area contributed by atoms with Crippen molar-refractivity contribution in [3.05, 3.63) is 24.3 Å². The lowest BCUT2D eigenvalue weighted by molar-refractivity contribution is 0.477. The number of benzene rings is 1. The van der Waals surface area contributed by atoms with E-state index >= 15 is 0 Å². The molecule has 1 aromatic carbocycles. The second-order valence-electron chi connectivity index (χ2n) is 4.11. The molecule has 1 N–H and O–H groups in total. The summed E-state index contributed by atoms with van der Waals surface area (Å²) in [6.07, 6.45) is 1.84. The Morgan fingerprint density at radius 2 is 1.85 bits per heavy atom. The SMILES string of the molecule is CC(C)(C)C=Nc1ccccc1O. The average Bonchev–Trinajstić information content (AvgIpc) is 2.01. The van der Waals surface area contributed by atoms with Crippen molar-refractivity contribution in [2.24, 2.45) is 10.4 Å². The van der Waals surface area contributed by atoms with Crippen molar-refractivity contribution in [1.29, 1.82) is 0 Å². The fourth-order valence-electron chi connectivity index (χ4n) is 0.837. The first-order valence-corrected chi connectivity index (χ1v) is 4.32. The van der Waals surface area contributed by atoms with Crippen LogP contribution in [0.1, 0.15) is 20.8 Å². The predicted molar refractivity (Wildman–Crippen MR) is 55.7 cm³/mol. The molecule has 0 amide bonds. The molecular weight excluding hydrogens is 162 g/mol. The summed E-state index contributed by atoms with van der Waals surface area (Å²) in [4.78, 5) is 4.20. The van der Waals surface area contributed by atoms with Crippen LogP contribution in [0.2, 0.25) is 0 Å². The normalized spacial score (nSPS) is 12.2. The molecule has 1 aromatic rings. The topological polar surface area (TPSA) is 32.6 Å². The van der Waals surface area contributed by atoms with E-state index < -0.39 is 0 Å². The van der Waals surface area contributed by atoms with E-state index in [1.165, 1.54) is 0 Å². The van der Waals surface area contributed by atoms with Crippen LogP contribution in [0.4, 0.5) is 5.69 Å². The summed E-state index contributed by atoms with van der Waals surface area (Å²) in [6, 6.07) is 7.06. The number of phenols is 1. The monoisotopic (exact) mass is 177 g/mol. The summed E-state index contributed by atoms with van der Waals surface area (Å²) in [6.45, 7) is 6.20. The number of aliphatic imine (C=N–C) groups is 1. The molecule has 0 atom stereocenters. The molecule has 2 heteroatoms. The first-order valence-electron chi connectivity index (χ1n) is 4.32. The van der Waals surface area contributed by atoms with Crippen LogP contribution < -0.4 is 0 Å². The van der Waals surface area contributed by atoms with E-state index in [0.29, 0.717) is 5.69 Å². The number of aromatic hydroxyl groups is 1. The van der Waals surface area contributed by atoms with E-state index in [9.17, 15) is 5.11 Å². The van der Waals surface area contributed by atoms with Crippen LogP contribution in [0.15, 0.2) is 29.3 Å². The van der Waals surface area contributed by atoms with Gasteiger partial charge in [-0.05, 0) is 17.5 Å². The molecule has 0 heterocycles. The van der Waals surface area contributed by atoms with E-state index in [-0.39, 0.29) is 11.2 Å². The molecule has 0 radical (unpaired) electrons. The van der Waals surface area contributed by atoms with Gasteiger partial charge >= 0.3 is 0 Å². The Hall–Kier alpha value is -1.31. The first-order chi connectivity index (χ1) is 5.99. The summed E-state index contributed by atoms with van der Waals surface area (Å²) in [7, 11) is 0. The summed E-state index contributed by atoms with van der Waals surface area (Å²) in [5.41, 5.74) is 0.667. The number of para-hydroxylation sites is 2. The molecular formula is C11H15NO. The lowest BCUT2D eigenvalue weighted by Crippen LogP contribution is -2.05. The molecule has 1 rings (SSSR count). The minimum Gasteiger partial charge on any atom is -0.506 e. The van der Waals surface area contributed by atoms with Crippen LogP contribution in [0, 0.1) is 5.41 Å². The minimum atomic E-state index is 0.0439. The summed E-state index contributed by atoms with van der Waals surface area (Å²) in [5, 5.41) is 9.39. The van der Waals surface area contributed by atoms with Gasteiger partial charge in [0.05, 0.1) is 0 Å². The fraction of sp³-hybridized carbons (Fsp3) is 0.364. The van der Waals surface area contributed by atoms with Crippen molar-refractivity contribution in [3.8, 4) is 5.75 Å². The van der Waals surface area contributed by atoms with E-state index in [0.717, 1.165) is 0 Å². The van der Waals surface area contributed by atoms with E-state index in [1.54, 1.807) is 18.2 Å². The third-order valence-corrected chi connectivity index (χ3v) is 1.47. The van der Waals surface area contributed by atoms with Gasteiger partial charge in [-0.2, -0.15) is 0 Å². The van der Waals surface area contributed by atoms with Crippen LogP contribution in [0.25, 0.3) is 0 Å². The molecule has 0 saturated carbocycles. The molecule has 0 spiro atoms. The molecule has 0 saturated heterocycles. The van der Waals surface area contributed by atoms with E-state index in [2.05, 4.69) is 25.8 Å².